The molecule has 2 N–H and O–H groups in total. The van der Waals surface area contributed by atoms with Gasteiger partial charge < -0.3 is 10.6 Å². The Balaban J connectivity index is 2.34. The molecule has 5 heteroatoms. The maximum atomic E-state index is 5.90. The fourth-order valence-electron chi connectivity index (χ4n) is 2.11. The minimum absolute atomic E-state index is 0.433. The van der Waals surface area contributed by atoms with Gasteiger partial charge in [-0.1, -0.05) is 24.4 Å². The molecule has 1 heterocycles. The molecule has 0 spiro atoms. The van der Waals surface area contributed by atoms with Gasteiger partial charge in [0.25, 0.3) is 0 Å². The average Bonchev–Trinajstić information content (AvgIpc) is 2.47. The van der Waals surface area contributed by atoms with Gasteiger partial charge in [-0.2, -0.15) is 0 Å². The van der Waals surface area contributed by atoms with Crippen LogP contribution in [0, 0.1) is 0 Å². The van der Waals surface area contributed by atoms with E-state index in [2.05, 4.69) is 16.0 Å². The fourth-order valence-corrected chi connectivity index (χ4v) is 3.02. The van der Waals surface area contributed by atoms with Crippen molar-refractivity contribution in [3.8, 4) is 0 Å². The molecule has 20 heavy (non-hydrogen) atoms. The topological polar surface area (TPSA) is 42.2 Å². The van der Waals surface area contributed by atoms with E-state index in [1.165, 1.54) is 0 Å². The summed E-state index contributed by atoms with van der Waals surface area (Å²) in [6.45, 7) is 0.765. The highest BCUT2D eigenvalue weighted by Gasteiger charge is 2.14. The summed E-state index contributed by atoms with van der Waals surface area (Å²) in [5.41, 5.74) is 9.05. The van der Waals surface area contributed by atoms with Crippen LogP contribution in [0.15, 0.2) is 47.6 Å². The average molecular weight is 303 g/mol. The first-order valence-electron chi connectivity index (χ1n) is 6.20. The van der Waals surface area contributed by atoms with Gasteiger partial charge in [0.1, 0.15) is 4.99 Å². The van der Waals surface area contributed by atoms with Gasteiger partial charge in [-0.3, -0.25) is 4.98 Å². The Bertz CT molecular complexity index is 599. The van der Waals surface area contributed by atoms with Crippen LogP contribution in [-0.4, -0.2) is 23.3 Å². The number of benzene rings is 1. The van der Waals surface area contributed by atoms with Gasteiger partial charge in [-0.25, -0.2) is 0 Å². The van der Waals surface area contributed by atoms with E-state index in [4.69, 9.17) is 18.0 Å². The second-order valence-corrected chi connectivity index (χ2v) is 5.72. The van der Waals surface area contributed by atoms with Crippen molar-refractivity contribution in [2.45, 2.75) is 11.4 Å². The van der Waals surface area contributed by atoms with E-state index in [1.54, 1.807) is 18.0 Å². The molecule has 0 bridgehead atoms. The summed E-state index contributed by atoms with van der Waals surface area (Å²) in [4.78, 5) is 7.82. The molecule has 2 rings (SSSR count). The van der Waals surface area contributed by atoms with Crippen LogP contribution in [0.25, 0.3) is 0 Å². The second kappa shape index (κ2) is 6.72. The standard InChI is InChI=1S/C15H17N3S2/c1-18(10-11-5-4-8-17-9-11)12-6-3-7-13(20-2)14(12)15(16)19/h3-9H,10H2,1-2H3,(H2,16,19). The molecule has 0 fully saturated rings. The molecule has 0 saturated heterocycles. The molecule has 0 saturated carbocycles. The first kappa shape index (κ1) is 14.8. The number of hydrogen-bond acceptors (Lipinski definition) is 4. The van der Waals surface area contributed by atoms with Crippen molar-refractivity contribution < 1.29 is 0 Å². The SMILES string of the molecule is CSc1cccc(N(C)Cc2cccnc2)c1C(N)=S. The third kappa shape index (κ3) is 3.29. The Hall–Kier alpha value is -1.59. The lowest BCUT2D eigenvalue weighted by Gasteiger charge is -2.23. The lowest BCUT2D eigenvalue weighted by molar-refractivity contribution is 0.911. The van der Waals surface area contributed by atoms with Gasteiger partial charge in [-0.15, -0.1) is 11.8 Å². The summed E-state index contributed by atoms with van der Waals surface area (Å²) in [5.74, 6) is 0. The Kier molecular flexibility index (Phi) is 4.98. The lowest BCUT2D eigenvalue weighted by atomic mass is 10.1. The summed E-state index contributed by atoms with van der Waals surface area (Å²) in [5, 5.41) is 0. The molecular weight excluding hydrogens is 286 g/mol. The van der Waals surface area contributed by atoms with Crippen LogP contribution in [0.5, 0.6) is 0 Å². The van der Waals surface area contributed by atoms with Gasteiger partial charge in [0.2, 0.25) is 0 Å². The molecule has 0 amide bonds. The monoisotopic (exact) mass is 303 g/mol. The van der Waals surface area contributed by atoms with Crippen LogP contribution in [0.1, 0.15) is 11.1 Å². The van der Waals surface area contributed by atoms with E-state index in [0.717, 1.165) is 28.3 Å². The molecule has 2 aromatic rings. The lowest BCUT2D eigenvalue weighted by Crippen LogP contribution is -2.22. The molecule has 0 atom stereocenters. The number of rotatable bonds is 5. The third-order valence-electron chi connectivity index (χ3n) is 3.02. The van der Waals surface area contributed by atoms with Crippen molar-refractivity contribution in [2.75, 3.05) is 18.2 Å². The van der Waals surface area contributed by atoms with Crippen molar-refractivity contribution >= 4 is 34.7 Å². The Morgan fingerprint density at radius 1 is 1.35 bits per heavy atom. The number of hydrogen-bond donors (Lipinski definition) is 1. The Morgan fingerprint density at radius 2 is 2.15 bits per heavy atom. The minimum Gasteiger partial charge on any atom is -0.389 e. The van der Waals surface area contributed by atoms with Crippen molar-refractivity contribution in [2.24, 2.45) is 5.73 Å². The number of nitrogens with zero attached hydrogens (tertiary/aromatic N) is 2. The second-order valence-electron chi connectivity index (χ2n) is 4.44. The molecule has 104 valence electrons. The Labute approximate surface area is 129 Å². The minimum atomic E-state index is 0.433. The summed E-state index contributed by atoms with van der Waals surface area (Å²) in [7, 11) is 2.04. The van der Waals surface area contributed by atoms with E-state index in [1.807, 2.05) is 43.8 Å². The number of thioether (sulfide) groups is 1. The number of aromatic nitrogens is 1. The van der Waals surface area contributed by atoms with Crippen molar-refractivity contribution in [1.82, 2.24) is 4.98 Å². The summed E-state index contributed by atoms with van der Waals surface area (Å²) < 4.78 is 0. The highest BCUT2D eigenvalue weighted by Crippen LogP contribution is 2.29. The molecule has 0 unspecified atom stereocenters. The fraction of sp³-hybridized carbons (Fsp3) is 0.200. The molecular formula is C15H17N3S2. The smallest absolute Gasteiger partial charge is 0.107 e. The van der Waals surface area contributed by atoms with E-state index >= 15 is 0 Å². The van der Waals surface area contributed by atoms with Crippen LogP contribution in [-0.2, 0) is 6.54 Å². The summed E-state index contributed by atoms with van der Waals surface area (Å²) >= 11 is 6.87. The molecule has 0 aliphatic rings. The normalized spacial score (nSPS) is 10.3. The molecule has 3 nitrogen and oxygen atoms in total. The molecule has 0 radical (unpaired) electrons. The van der Waals surface area contributed by atoms with Crippen LogP contribution >= 0.6 is 24.0 Å². The first-order chi connectivity index (χ1) is 9.63. The number of thiocarbonyl (C=S) groups is 1. The molecule has 0 aliphatic heterocycles. The van der Waals surface area contributed by atoms with Gasteiger partial charge in [-0.05, 0) is 30.0 Å². The van der Waals surface area contributed by atoms with Crippen LogP contribution in [0.3, 0.4) is 0 Å². The van der Waals surface area contributed by atoms with Gasteiger partial charge in [0.15, 0.2) is 0 Å². The molecule has 1 aromatic heterocycles. The maximum absolute atomic E-state index is 5.90. The van der Waals surface area contributed by atoms with Crippen LogP contribution < -0.4 is 10.6 Å². The van der Waals surface area contributed by atoms with Crippen molar-refractivity contribution in [3.05, 3.63) is 53.9 Å². The van der Waals surface area contributed by atoms with Gasteiger partial charge in [0, 0.05) is 42.1 Å². The van der Waals surface area contributed by atoms with E-state index < -0.39 is 0 Å². The van der Waals surface area contributed by atoms with Crippen molar-refractivity contribution in [3.63, 3.8) is 0 Å². The van der Waals surface area contributed by atoms with Crippen LogP contribution in [0.4, 0.5) is 5.69 Å². The molecule has 1 aromatic carbocycles. The predicted molar refractivity (Wildman–Crippen MR) is 90.5 cm³/mol. The zero-order chi connectivity index (χ0) is 14.5. The zero-order valence-corrected chi connectivity index (χ0v) is 13.2. The number of anilines is 1. The van der Waals surface area contributed by atoms with E-state index in [9.17, 15) is 0 Å². The van der Waals surface area contributed by atoms with Crippen LogP contribution in [0.2, 0.25) is 0 Å². The maximum Gasteiger partial charge on any atom is 0.107 e. The Morgan fingerprint density at radius 3 is 2.75 bits per heavy atom. The van der Waals surface area contributed by atoms with Gasteiger partial charge >= 0.3 is 0 Å². The summed E-state index contributed by atoms with van der Waals surface area (Å²) in [6, 6.07) is 10.1. The van der Waals surface area contributed by atoms with Gasteiger partial charge in [0.05, 0.1) is 0 Å². The summed E-state index contributed by atoms with van der Waals surface area (Å²) in [6.07, 6.45) is 5.68. The first-order valence-corrected chi connectivity index (χ1v) is 7.83. The van der Waals surface area contributed by atoms with E-state index in [-0.39, 0.29) is 0 Å². The molecule has 0 aliphatic carbocycles. The highest BCUT2D eigenvalue weighted by molar-refractivity contribution is 7.98. The highest BCUT2D eigenvalue weighted by atomic mass is 32.2. The van der Waals surface area contributed by atoms with E-state index in [0.29, 0.717) is 4.99 Å². The van der Waals surface area contributed by atoms with Crippen molar-refractivity contribution in [1.29, 1.82) is 0 Å². The predicted octanol–water partition coefficient (Wildman–Crippen LogP) is 3.07. The number of nitrogens with two attached hydrogens (primary N) is 1. The zero-order valence-electron chi connectivity index (χ0n) is 11.5. The quantitative estimate of drug-likeness (QED) is 0.679. The number of pyridine rings is 1. The third-order valence-corrected chi connectivity index (χ3v) is 4.01. The largest absolute Gasteiger partial charge is 0.389 e.